The molecule has 3 nitrogen and oxygen atoms in total. The topological polar surface area (TPSA) is 25.4 Å². The van der Waals surface area contributed by atoms with Gasteiger partial charge < -0.3 is 4.74 Å². The van der Waals surface area contributed by atoms with E-state index in [4.69, 9.17) is 9.72 Å². The molecule has 1 saturated heterocycles. The van der Waals surface area contributed by atoms with Gasteiger partial charge in [-0.15, -0.1) is 23.7 Å². The molecule has 5 rings (SSSR count). The Labute approximate surface area is 178 Å². The van der Waals surface area contributed by atoms with E-state index in [0.29, 0.717) is 0 Å². The third-order valence-electron chi connectivity index (χ3n) is 7.17. The molecule has 2 fully saturated rings. The van der Waals surface area contributed by atoms with Crippen LogP contribution in [0.3, 0.4) is 0 Å². The summed E-state index contributed by atoms with van der Waals surface area (Å²) in [6.45, 7) is 4.39. The Morgan fingerprint density at radius 3 is 2.86 bits per heavy atom. The minimum absolute atomic E-state index is 0. The summed E-state index contributed by atoms with van der Waals surface area (Å²) < 4.78 is 6.39. The summed E-state index contributed by atoms with van der Waals surface area (Å²) in [6.07, 6.45) is 11.8. The third kappa shape index (κ3) is 3.89. The summed E-state index contributed by atoms with van der Waals surface area (Å²) in [5, 5.41) is 2.26. The van der Waals surface area contributed by atoms with Gasteiger partial charge in [-0.3, -0.25) is 9.88 Å². The number of hydrogen-bond donors (Lipinski definition) is 0. The molecule has 1 atom stereocenters. The molecule has 4 heterocycles. The van der Waals surface area contributed by atoms with E-state index in [1.165, 1.54) is 57.3 Å². The lowest BCUT2D eigenvalue weighted by molar-refractivity contribution is -0.105. The second-order valence-electron chi connectivity index (χ2n) is 8.81. The predicted octanol–water partition coefficient (Wildman–Crippen LogP) is 5.37. The maximum atomic E-state index is 6.39. The first kappa shape index (κ1) is 20.3. The fourth-order valence-corrected chi connectivity index (χ4v) is 6.56. The van der Waals surface area contributed by atoms with E-state index in [1.54, 1.807) is 10.4 Å². The van der Waals surface area contributed by atoms with Crippen molar-refractivity contribution in [1.82, 2.24) is 9.88 Å². The van der Waals surface area contributed by atoms with E-state index in [1.807, 2.05) is 23.6 Å². The van der Waals surface area contributed by atoms with Crippen molar-refractivity contribution in [2.24, 2.45) is 0 Å². The first-order chi connectivity index (χ1) is 13.3. The van der Waals surface area contributed by atoms with Crippen molar-refractivity contribution in [3.8, 4) is 0 Å². The Balaban J connectivity index is 0.00000192. The molecule has 1 spiro atoms. The van der Waals surface area contributed by atoms with E-state index in [2.05, 4.69) is 28.5 Å². The lowest BCUT2D eigenvalue weighted by Gasteiger charge is -2.47. The summed E-state index contributed by atoms with van der Waals surface area (Å²) >= 11 is 1.93. The number of halogens is 1. The molecular formula is C23H31ClN2OS. The lowest BCUT2D eigenvalue weighted by atomic mass is 9.68. The average molecular weight is 419 g/mol. The normalized spacial score (nSPS) is 26.7. The first-order valence-corrected chi connectivity index (χ1v) is 11.5. The van der Waals surface area contributed by atoms with Gasteiger partial charge in [0.05, 0.1) is 5.60 Å². The van der Waals surface area contributed by atoms with Crippen LogP contribution in [0.2, 0.25) is 0 Å². The summed E-state index contributed by atoms with van der Waals surface area (Å²) in [4.78, 5) is 9.11. The van der Waals surface area contributed by atoms with Crippen LogP contribution in [0, 0.1) is 0 Å². The van der Waals surface area contributed by atoms with Crippen LogP contribution in [0.1, 0.15) is 61.1 Å². The lowest BCUT2D eigenvalue weighted by Crippen LogP contribution is -2.48. The van der Waals surface area contributed by atoms with Crippen LogP contribution in [0.15, 0.2) is 35.8 Å². The second kappa shape index (κ2) is 8.43. The molecule has 1 saturated carbocycles. The Hall–Kier alpha value is -0.940. The molecule has 2 aromatic rings. The third-order valence-corrected chi connectivity index (χ3v) is 8.19. The maximum absolute atomic E-state index is 6.39. The number of hydrogen-bond acceptors (Lipinski definition) is 4. The van der Waals surface area contributed by atoms with Crippen molar-refractivity contribution < 1.29 is 4.74 Å². The highest BCUT2D eigenvalue weighted by atomic mass is 35.5. The van der Waals surface area contributed by atoms with Crippen molar-refractivity contribution in [1.29, 1.82) is 0 Å². The van der Waals surface area contributed by atoms with Crippen LogP contribution in [-0.2, 0) is 23.1 Å². The van der Waals surface area contributed by atoms with Gasteiger partial charge in [-0.05, 0) is 74.2 Å². The molecule has 2 aromatic heterocycles. The number of thiophene rings is 1. The van der Waals surface area contributed by atoms with Crippen molar-refractivity contribution >= 4 is 23.7 Å². The standard InChI is InChI=1S/C23H30N2OS.ClH/c1-4-12-24-21(5-1)22(11-15-26-23(18-22)8-2-3-9-23)10-14-25-13-6-20-19(17-25)7-16-27-20;/h1,4-5,7,12,16H,2-3,6,8-11,13-15,17-18H2;1H. The molecular weight excluding hydrogens is 388 g/mol. The maximum Gasteiger partial charge on any atom is 0.0691 e. The van der Waals surface area contributed by atoms with E-state index < -0.39 is 0 Å². The molecule has 2 aliphatic heterocycles. The van der Waals surface area contributed by atoms with E-state index in [-0.39, 0.29) is 23.4 Å². The van der Waals surface area contributed by atoms with E-state index >= 15 is 0 Å². The minimum Gasteiger partial charge on any atom is -0.375 e. The number of nitrogens with zero attached hydrogens (tertiary/aromatic N) is 2. The van der Waals surface area contributed by atoms with Gasteiger partial charge in [-0.25, -0.2) is 0 Å². The highest BCUT2D eigenvalue weighted by Crippen LogP contribution is 2.49. The van der Waals surface area contributed by atoms with Gasteiger partial charge in [0.2, 0.25) is 0 Å². The SMILES string of the molecule is Cl.c1ccc(C2(CCN3CCc4sccc4C3)CCOC3(CCCC3)C2)nc1. The van der Waals surface area contributed by atoms with Crippen LogP contribution in [0.25, 0.3) is 0 Å². The Morgan fingerprint density at radius 1 is 1.14 bits per heavy atom. The molecule has 0 N–H and O–H groups in total. The molecule has 0 radical (unpaired) electrons. The van der Waals surface area contributed by atoms with Crippen molar-refractivity contribution in [2.75, 3.05) is 19.7 Å². The van der Waals surface area contributed by atoms with Gasteiger partial charge >= 0.3 is 0 Å². The van der Waals surface area contributed by atoms with Gasteiger partial charge in [0.15, 0.2) is 0 Å². The van der Waals surface area contributed by atoms with Crippen LogP contribution < -0.4 is 0 Å². The monoisotopic (exact) mass is 418 g/mol. The number of rotatable bonds is 4. The summed E-state index contributed by atoms with van der Waals surface area (Å²) in [5.41, 5.74) is 3.15. The first-order valence-electron chi connectivity index (χ1n) is 10.6. The predicted molar refractivity (Wildman–Crippen MR) is 117 cm³/mol. The molecule has 0 bridgehead atoms. The minimum atomic E-state index is 0. The van der Waals surface area contributed by atoms with Crippen LogP contribution in [-0.4, -0.2) is 35.2 Å². The second-order valence-corrected chi connectivity index (χ2v) is 9.81. The number of fused-ring (bicyclic) bond motifs is 1. The van der Waals surface area contributed by atoms with Gasteiger partial charge in [0.25, 0.3) is 0 Å². The summed E-state index contributed by atoms with van der Waals surface area (Å²) in [6, 6.07) is 8.80. The molecule has 28 heavy (non-hydrogen) atoms. The van der Waals surface area contributed by atoms with Crippen molar-refractivity contribution in [2.45, 2.75) is 68.9 Å². The van der Waals surface area contributed by atoms with E-state index in [0.717, 1.165) is 26.0 Å². The largest absolute Gasteiger partial charge is 0.375 e. The Kier molecular flexibility index (Phi) is 6.12. The van der Waals surface area contributed by atoms with Gasteiger partial charge in [0.1, 0.15) is 0 Å². The molecule has 0 amide bonds. The zero-order valence-corrected chi connectivity index (χ0v) is 18.2. The van der Waals surface area contributed by atoms with Gasteiger partial charge in [-0.1, -0.05) is 18.9 Å². The van der Waals surface area contributed by atoms with Crippen molar-refractivity contribution in [3.63, 3.8) is 0 Å². The molecule has 152 valence electrons. The summed E-state index contributed by atoms with van der Waals surface area (Å²) in [7, 11) is 0. The van der Waals surface area contributed by atoms with Crippen LogP contribution in [0.4, 0.5) is 0 Å². The average Bonchev–Trinajstić information content (AvgIpc) is 3.36. The number of pyridine rings is 1. The zero-order valence-electron chi connectivity index (χ0n) is 16.6. The fourth-order valence-electron chi connectivity index (χ4n) is 5.67. The van der Waals surface area contributed by atoms with Crippen molar-refractivity contribution in [3.05, 3.63) is 52.0 Å². The zero-order chi connectivity index (χ0) is 18.2. The van der Waals surface area contributed by atoms with E-state index in [9.17, 15) is 0 Å². The van der Waals surface area contributed by atoms with Gasteiger partial charge in [-0.2, -0.15) is 0 Å². The molecule has 1 unspecified atom stereocenters. The number of aromatic nitrogens is 1. The fraction of sp³-hybridized carbons (Fsp3) is 0.609. The highest BCUT2D eigenvalue weighted by Gasteiger charge is 2.48. The smallest absolute Gasteiger partial charge is 0.0691 e. The number of ether oxygens (including phenoxy) is 1. The quantitative estimate of drug-likeness (QED) is 0.666. The summed E-state index contributed by atoms with van der Waals surface area (Å²) in [5.74, 6) is 0. The van der Waals surface area contributed by atoms with Crippen LogP contribution in [0.5, 0.6) is 0 Å². The van der Waals surface area contributed by atoms with Crippen LogP contribution >= 0.6 is 23.7 Å². The molecule has 1 aliphatic carbocycles. The Bertz CT molecular complexity index is 774. The highest BCUT2D eigenvalue weighted by molar-refractivity contribution is 7.10. The molecule has 5 heteroatoms. The van der Waals surface area contributed by atoms with Gasteiger partial charge in [0, 0.05) is 41.9 Å². The molecule has 0 aromatic carbocycles. The Morgan fingerprint density at radius 2 is 2.04 bits per heavy atom. The molecule has 3 aliphatic rings.